The summed E-state index contributed by atoms with van der Waals surface area (Å²) in [5.41, 5.74) is 14.4. The van der Waals surface area contributed by atoms with E-state index >= 15 is 0 Å². The van der Waals surface area contributed by atoms with E-state index in [9.17, 15) is 0 Å². The van der Waals surface area contributed by atoms with Crippen molar-refractivity contribution in [3.8, 4) is 22.3 Å². The lowest BCUT2D eigenvalue weighted by Crippen LogP contribution is -2.17. The Hall–Kier alpha value is -3.62. The summed E-state index contributed by atoms with van der Waals surface area (Å²) in [6.45, 7) is 9.37. The molecule has 0 spiro atoms. The molecule has 0 saturated heterocycles. The molecular weight excluding hydrogens is 526 g/mol. The predicted octanol–water partition coefficient (Wildman–Crippen LogP) is 10.5. The van der Waals surface area contributed by atoms with Gasteiger partial charge in [-0.05, 0) is 93.0 Å². The van der Waals surface area contributed by atoms with Gasteiger partial charge in [0.1, 0.15) is 0 Å². The topological polar surface area (TPSA) is 3.24 Å². The van der Waals surface area contributed by atoms with Crippen molar-refractivity contribution in [1.29, 1.82) is 0 Å². The second-order valence-electron chi connectivity index (χ2n) is 11.6. The van der Waals surface area contributed by atoms with Gasteiger partial charge >= 0.3 is 0 Å². The maximum Gasteiger partial charge on any atom is 0.0468 e. The molecule has 0 aliphatic heterocycles. The highest BCUT2D eigenvalue weighted by Crippen LogP contribution is 2.52. The third-order valence-corrected chi connectivity index (χ3v) is 9.26. The van der Waals surface area contributed by atoms with Crippen LogP contribution >= 0.6 is 15.9 Å². The second kappa shape index (κ2) is 8.19. The summed E-state index contributed by atoms with van der Waals surface area (Å²) in [6, 6.07) is 40.4. The summed E-state index contributed by atoms with van der Waals surface area (Å²) in [7, 11) is 0. The lowest BCUT2D eigenvalue weighted by atomic mass is 9.82. The molecule has 0 fully saturated rings. The Morgan fingerprint density at radius 2 is 0.921 bits per heavy atom. The first-order chi connectivity index (χ1) is 18.3. The molecule has 0 amide bonds. The fourth-order valence-electron chi connectivity index (χ4n) is 6.72. The maximum atomic E-state index is 3.63. The van der Waals surface area contributed by atoms with Gasteiger partial charge in [0, 0.05) is 32.4 Å². The molecular formula is C36H30BrN. The number of fused-ring (bicyclic) bond motifs is 6. The normalized spacial score (nSPS) is 15.4. The smallest absolute Gasteiger partial charge is 0.0468 e. The highest BCUT2D eigenvalue weighted by atomic mass is 79.9. The van der Waals surface area contributed by atoms with Gasteiger partial charge in [-0.3, -0.25) is 0 Å². The molecule has 2 aliphatic carbocycles. The summed E-state index contributed by atoms with van der Waals surface area (Å²) >= 11 is 3.63. The fourth-order valence-corrected chi connectivity index (χ4v) is 6.98. The molecule has 2 aliphatic rings. The van der Waals surface area contributed by atoms with Crippen LogP contribution in [0.2, 0.25) is 0 Å². The lowest BCUT2D eigenvalue weighted by Gasteiger charge is -2.29. The van der Waals surface area contributed by atoms with Gasteiger partial charge in [-0.25, -0.2) is 0 Å². The standard InChI is InChI=1S/C36H30BrN/c1-35(2)32-12-8-6-10-28(32)30-21-25(18-20-33(30)35)38(24-15-13-23(37)14-16-24)26-17-19-29-27-9-5-7-11-31(27)36(3,4)34(29)22-26/h5-22H,1-4H3. The minimum absolute atomic E-state index is 0.00370. The van der Waals surface area contributed by atoms with Gasteiger partial charge in [-0.15, -0.1) is 0 Å². The first kappa shape index (κ1) is 23.5. The van der Waals surface area contributed by atoms with Crippen molar-refractivity contribution < 1.29 is 0 Å². The molecule has 5 aromatic rings. The molecule has 5 aromatic carbocycles. The monoisotopic (exact) mass is 555 g/mol. The maximum absolute atomic E-state index is 3.63. The number of hydrogen-bond donors (Lipinski definition) is 0. The van der Waals surface area contributed by atoms with Crippen molar-refractivity contribution >= 4 is 33.0 Å². The highest BCUT2D eigenvalue weighted by Gasteiger charge is 2.37. The van der Waals surface area contributed by atoms with Crippen molar-refractivity contribution in [2.24, 2.45) is 0 Å². The SMILES string of the molecule is CC1(C)c2ccccc2-c2cc(N(c3ccc(Br)cc3)c3ccc4c(c3)C(C)(C)c3ccccc3-4)ccc21. The molecule has 0 N–H and O–H groups in total. The van der Waals surface area contributed by atoms with Crippen molar-refractivity contribution in [2.45, 2.75) is 38.5 Å². The van der Waals surface area contributed by atoms with Crippen molar-refractivity contribution in [2.75, 3.05) is 4.90 Å². The van der Waals surface area contributed by atoms with E-state index in [1.807, 2.05) is 0 Å². The van der Waals surface area contributed by atoms with E-state index in [1.165, 1.54) is 55.9 Å². The van der Waals surface area contributed by atoms with Gasteiger partial charge in [0.05, 0.1) is 0 Å². The summed E-state index contributed by atoms with van der Waals surface area (Å²) in [5.74, 6) is 0. The lowest BCUT2D eigenvalue weighted by molar-refractivity contribution is 0.660. The van der Waals surface area contributed by atoms with E-state index in [-0.39, 0.29) is 10.8 Å². The highest BCUT2D eigenvalue weighted by molar-refractivity contribution is 9.10. The second-order valence-corrected chi connectivity index (χ2v) is 12.5. The molecule has 0 atom stereocenters. The number of halogens is 1. The van der Waals surface area contributed by atoms with Gasteiger partial charge in [-0.1, -0.05) is 104 Å². The van der Waals surface area contributed by atoms with Crippen molar-refractivity contribution in [3.63, 3.8) is 0 Å². The quantitative estimate of drug-likeness (QED) is 0.214. The third kappa shape index (κ3) is 3.29. The molecule has 0 aromatic heterocycles. The van der Waals surface area contributed by atoms with Crippen LogP contribution in [-0.2, 0) is 10.8 Å². The van der Waals surface area contributed by atoms with Crippen LogP contribution in [0.3, 0.4) is 0 Å². The van der Waals surface area contributed by atoms with Crippen LogP contribution in [-0.4, -0.2) is 0 Å². The van der Waals surface area contributed by atoms with Crippen LogP contribution in [0.5, 0.6) is 0 Å². The van der Waals surface area contributed by atoms with E-state index in [4.69, 9.17) is 0 Å². The van der Waals surface area contributed by atoms with Gasteiger partial charge < -0.3 is 4.90 Å². The average molecular weight is 557 g/mol. The fraction of sp³-hybridized carbons (Fsp3) is 0.167. The summed E-state index contributed by atoms with van der Waals surface area (Å²) in [5, 5.41) is 0. The van der Waals surface area contributed by atoms with Gasteiger partial charge in [0.15, 0.2) is 0 Å². The molecule has 0 unspecified atom stereocenters. The zero-order valence-corrected chi connectivity index (χ0v) is 23.8. The van der Waals surface area contributed by atoms with E-state index in [1.54, 1.807) is 0 Å². The molecule has 0 saturated carbocycles. The van der Waals surface area contributed by atoms with Crippen molar-refractivity contribution in [3.05, 3.63) is 136 Å². The number of benzene rings is 5. The largest absolute Gasteiger partial charge is 0.310 e. The van der Waals surface area contributed by atoms with E-state index in [2.05, 4.69) is 158 Å². The molecule has 0 heterocycles. The van der Waals surface area contributed by atoms with Crippen LogP contribution in [0.4, 0.5) is 17.1 Å². The third-order valence-electron chi connectivity index (χ3n) is 8.74. The van der Waals surface area contributed by atoms with Gasteiger partial charge in [0.2, 0.25) is 0 Å². The first-order valence-electron chi connectivity index (χ1n) is 13.3. The van der Waals surface area contributed by atoms with Crippen LogP contribution in [0, 0.1) is 0 Å². The predicted molar refractivity (Wildman–Crippen MR) is 164 cm³/mol. The number of hydrogen-bond acceptors (Lipinski definition) is 1. The van der Waals surface area contributed by atoms with Crippen LogP contribution in [0.25, 0.3) is 22.3 Å². The molecule has 186 valence electrons. The molecule has 0 radical (unpaired) electrons. The molecule has 7 rings (SSSR count). The average Bonchev–Trinajstić information content (AvgIpc) is 3.30. The zero-order valence-electron chi connectivity index (χ0n) is 22.2. The number of rotatable bonds is 3. The van der Waals surface area contributed by atoms with Crippen LogP contribution in [0.15, 0.2) is 114 Å². The van der Waals surface area contributed by atoms with Crippen molar-refractivity contribution in [1.82, 2.24) is 0 Å². The summed E-state index contributed by atoms with van der Waals surface area (Å²) < 4.78 is 1.08. The zero-order chi connectivity index (χ0) is 26.2. The van der Waals surface area contributed by atoms with Gasteiger partial charge in [0.25, 0.3) is 0 Å². The summed E-state index contributed by atoms with van der Waals surface area (Å²) in [6.07, 6.45) is 0. The number of nitrogens with zero attached hydrogens (tertiary/aromatic N) is 1. The Morgan fingerprint density at radius 1 is 0.447 bits per heavy atom. The Bertz CT molecular complexity index is 1730. The Kier molecular flexibility index (Phi) is 5.06. The van der Waals surface area contributed by atoms with E-state index in [0.29, 0.717) is 0 Å². The Balaban J connectivity index is 1.43. The van der Waals surface area contributed by atoms with Crippen LogP contribution < -0.4 is 4.90 Å². The number of anilines is 3. The Morgan fingerprint density at radius 3 is 1.61 bits per heavy atom. The molecule has 38 heavy (non-hydrogen) atoms. The molecule has 1 nitrogen and oxygen atoms in total. The minimum Gasteiger partial charge on any atom is -0.310 e. The van der Waals surface area contributed by atoms with E-state index in [0.717, 1.165) is 10.2 Å². The summed E-state index contributed by atoms with van der Waals surface area (Å²) in [4.78, 5) is 2.40. The molecule has 2 heteroatoms. The first-order valence-corrected chi connectivity index (χ1v) is 14.1. The van der Waals surface area contributed by atoms with Crippen LogP contribution in [0.1, 0.15) is 49.9 Å². The van der Waals surface area contributed by atoms with Gasteiger partial charge in [-0.2, -0.15) is 0 Å². The minimum atomic E-state index is -0.0474. The van der Waals surface area contributed by atoms with E-state index < -0.39 is 0 Å². The Labute approximate surface area is 233 Å². The molecule has 0 bridgehead atoms.